The lowest BCUT2D eigenvalue weighted by molar-refractivity contribution is 0.293. The van der Waals surface area contributed by atoms with Gasteiger partial charge in [0.15, 0.2) is 0 Å². The van der Waals surface area contributed by atoms with Crippen LogP contribution in [0.3, 0.4) is 0 Å². The van der Waals surface area contributed by atoms with Gasteiger partial charge in [-0.05, 0) is 37.0 Å². The first-order valence-corrected chi connectivity index (χ1v) is 8.66. The van der Waals surface area contributed by atoms with Gasteiger partial charge in [0.1, 0.15) is 5.75 Å². The molecule has 1 fully saturated rings. The summed E-state index contributed by atoms with van der Waals surface area (Å²) in [6, 6.07) is 8.32. The van der Waals surface area contributed by atoms with E-state index in [1.807, 2.05) is 16.8 Å². The number of rotatable bonds is 8. The van der Waals surface area contributed by atoms with Crippen molar-refractivity contribution in [1.82, 2.24) is 15.0 Å². The summed E-state index contributed by atoms with van der Waals surface area (Å²) in [6.45, 7) is 4.16. The van der Waals surface area contributed by atoms with Crippen molar-refractivity contribution in [2.45, 2.75) is 58.0 Å². The highest BCUT2D eigenvalue weighted by atomic mass is 16.5. The molecule has 0 atom stereocenters. The maximum Gasteiger partial charge on any atom is 0.119 e. The first kappa shape index (κ1) is 16.0. The Morgan fingerprint density at radius 1 is 1.26 bits per heavy atom. The van der Waals surface area contributed by atoms with Crippen LogP contribution in [0.1, 0.15) is 55.5 Å². The van der Waals surface area contributed by atoms with E-state index in [2.05, 4.69) is 29.4 Å². The number of aromatic nitrogens is 3. The molecule has 0 unspecified atom stereocenters. The van der Waals surface area contributed by atoms with Gasteiger partial charge in [-0.1, -0.05) is 30.7 Å². The quantitative estimate of drug-likeness (QED) is 0.761. The number of nitrogens with zero attached hydrogens (tertiary/aromatic N) is 3. The molecule has 3 rings (SSSR count). The van der Waals surface area contributed by atoms with Gasteiger partial charge < -0.3 is 10.5 Å². The largest absolute Gasteiger partial charge is 0.494 e. The third-order valence-electron chi connectivity index (χ3n) is 4.65. The van der Waals surface area contributed by atoms with Crippen molar-refractivity contribution in [1.29, 1.82) is 0 Å². The normalized spacial score (nSPS) is 14.7. The summed E-state index contributed by atoms with van der Waals surface area (Å²) in [4.78, 5) is 0. The molecule has 2 aromatic rings. The molecule has 1 aliphatic carbocycles. The van der Waals surface area contributed by atoms with E-state index in [-0.39, 0.29) is 0 Å². The summed E-state index contributed by atoms with van der Waals surface area (Å²) in [5.74, 6) is 1.54. The van der Waals surface area contributed by atoms with Crippen molar-refractivity contribution in [3.8, 4) is 5.75 Å². The number of hydrogen-bond donors (Lipinski definition) is 1. The molecule has 0 saturated heterocycles. The van der Waals surface area contributed by atoms with Crippen LogP contribution in [0.25, 0.3) is 0 Å². The lowest BCUT2D eigenvalue weighted by Gasteiger charge is -2.26. The molecule has 1 saturated carbocycles. The van der Waals surface area contributed by atoms with Crippen molar-refractivity contribution in [3.63, 3.8) is 0 Å². The molecular formula is C18H26N4O. The zero-order chi connectivity index (χ0) is 16.1. The van der Waals surface area contributed by atoms with Crippen LogP contribution in [0.15, 0.2) is 24.3 Å². The van der Waals surface area contributed by atoms with Crippen molar-refractivity contribution in [2.24, 2.45) is 5.73 Å². The topological polar surface area (TPSA) is 66.0 Å². The molecule has 0 aliphatic heterocycles. The molecule has 5 nitrogen and oxygen atoms in total. The van der Waals surface area contributed by atoms with Crippen LogP contribution in [0.2, 0.25) is 0 Å². The minimum atomic E-state index is 0.478. The van der Waals surface area contributed by atoms with Gasteiger partial charge in [-0.3, -0.25) is 0 Å². The highest BCUT2D eigenvalue weighted by Crippen LogP contribution is 2.37. The minimum Gasteiger partial charge on any atom is -0.494 e. The third kappa shape index (κ3) is 3.72. The Morgan fingerprint density at radius 2 is 2.04 bits per heavy atom. The Balaban J connectivity index is 1.51. The van der Waals surface area contributed by atoms with E-state index in [1.165, 1.54) is 30.5 Å². The van der Waals surface area contributed by atoms with Gasteiger partial charge in [-0.25, -0.2) is 4.68 Å². The maximum atomic E-state index is 5.81. The Bertz CT molecular complexity index is 616. The fraction of sp³-hybridized carbons (Fsp3) is 0.556. The molecule has 0 amide bonds. The van der Waals surface area contributed by atoms with Gasteiger partial charge in [0, 0.05) is 25.4 Å². The number of hydrogen-bond acceptors (Lipinski definition) is 4. The maximum absolute atomic E-state index is 5.81. The van der Waals surface area contributed by atoms with Gasteiger partial charge >= 0.3 is 0 Å². The average Bonchev–Trinajstić information content (AvgIpc) is 2.93. The summed E-state index contributed by atoms with van der Waals surface area (Å²) >= 11 is 0. The molecule has 5 heteroatoms. The molecule has 23 heavy (non-hydrogen) atoms. The number of nitrogens with two attached hydrogens (primary N) is 1. The first-order valence-electron chi connectivity index (χ1n) is 8.66. The van der Waals surface area contributed by atoms with Crippen LogP contribution >= 0.6 is 0 Å². The Hall–Kier alpha value is -1.88. The van der Waals surface area contributed by atoms with Crippen molar-refractivity contribution in [2.75, 3.05) is 6.61 Å². The van der Waals surface area contributed by atoms with E-state index >= 15 is 0 Å². The second-order valence-corrected chi connectivity index (χ2v) is 6.18. The molecule has 0 spiro atoms. The van der Waals surface area contributed by atoms with Gasteiger partial charge in [-0.15, -0.1) is 5.10 Å². The molecule has 1 aromatic heterocycles. The molecule has 0 radical (unpaired) electrons. The summed E-state index contributed by atoms with van der Waals surface area (Å²) < 4.78 is 7.85. The molecule has 2 N–H and O–H groups in total. The average molecular weight is 314 g/mol. The van der Waals surface area contributed by atoms with E-state index in [1.54, 1.807) is 0 Å². The van der Waals surface area contributed by atoms with Crippen LogP contribution in [0.5, 0.6) is 5.75 Å². The lowest BCUT2D eigenvalue weighted by atomic mass is 9.82. The van der Waals surface area contributed by atoms with Crippen molar-refractivity contribution >= 4 is 0 Å². The van der Waals surface area contributed by atoms with Crippen LogP contribution < -0.4 is 10.5 Å². The number of benzene rings is 1. The molecule has 1 aliphatic rings. The third-order valence-corrected chi connectivity index (χ3v) is 4.65. The molecule has 1 aromatic carbocycles. The predicted octanol–water partition coefficient (Wildman–Crippen LogP) is 3.04. The van der Waals surface area contributed by atoms with E-state index < -0.39 is 0 Å². The van der Waals surface area contributed by atoms with Gasteiger partial charge in [0.05, 0.1) is 18.0 Å². The summed E-state index contributed by atoms with van der Waals surface area (Å²) in [7, 11) is 0. The molecule has 0 bridgehead atoms. The fourth-order valence-electron chi connectivity index (χ4n) is 3.02. The van der Waals surface area contributed by atoms with Gasteiger partial charge in [0.25, 0.3) is 0 Å². The smallest absolute Gasteiger partial charge is 0.119 e. The zero-order valence-electron chi connectivity index (χ0n) is 13.9. The summed E-state index contributed by atoms with van der Waals surface area (Å²) in [5, 5.41) is 8.53. The predicted molar refractivity (Wildman–Crippen MR) is 90.4 cm³/mol. The van der Waals surface area contributed by atoms with E-state index in [4.69, 9.17) is 10.5 Å². The van der Waals surface area contributed by atoms with Crippen molar-refractivity contribution in [3.05, 3.63) is 41.2 Å². The van der Waals surface area contributed by atoms with Crippen LogP contribution in [0, 0.1) is 0 Å². The Labute approximate surface area is 137 Å². The van der Waals surface area contributed by atoms with E-state index in [9.17, 15) is 0 Å². The van der Waals surface area contributed by atoms with Gasteiger partial charge in [-0.2, -0.15) is 0 Å². The lowest BCUT2D eigenvalue weighted by Crippen LogP contribution is -2.18. The van der Waals surface area contributed by atoms with Crippen LogP contribution in [0.4, 0.5) is 0 Å². The minimum absolute atomic E-state index is 0.478. The zero-order valence-corrected chi connectivity index (χ0v) is 13.9. The Morgan fingerprint density at radius 3 is 2.65 bits per heavy atom. The van der Waals surface area contributed by atoms with Crippen LogP contribution in [-0.4, -0.2) is 21.6 Å². The second kappa shape index (κ2) is 7.59. The number of ether oxygens (including phenoxy) is 1. The molecule has 124 valence electrons. The SMILES string of the molecule is CCc1ccc(OCCCn2nnc(CN)c2C2CCC2)cc1. The highest BCUT2D eigenvalue weighted by molar-refractivity contribution is 5.27. The first-order chi connectivity index (χ1) is 11.3. The Kier molecular flexibility index (Phi) is 5.28. The second-order valence-electron chi connectivity index (χ2n) is 6.18. The standard InChI is InChI=1S/C18H26N4O/c1-2-14-7-9-16(10-8-14)23-12-4-11-22-18(15-5-3-6-15)17(13-19)20-21-22/h7-10,15H,2-6,11-13,19H2,1H3. The monoisotopic (exact) mass is 314 g/mol. The van der Waals surface area contributed by atoms with Crippen molar-refractivity contribution < 1.29 is 4.74 Å². The van der Waals surface area contributed by atoms with Crippen LogP contribution in [-0.2, 0) is 19.5 Å². The molecule has 1 heterocycles. The highest BCUT2D eigenvalue weighted by Gasteiger charge is 2.26. The summed E-state index contributed by atoms with van der Waals surface area (Å²) in [5.41, 5.74) is 9.35. The molecular weight excluding hydrogens is 288 g/mol. The number of aryl methyl sites for hydroxylation is 2. The van der Waals surface area contributed by atoms with Gasteiger partial charge in [0.2, 0.25) is 0 Å². The van der Waals surface area contributed by atoms with E-state index in [0.717, 1.165) is 30.8 Å². The summed E-state index contributed by atoms with van der Waals surface area (Å²) in [6.07, 6.45) is 5.75. The fourth-order valence-corrected chi connectivity index (χ4v) is 3.02. The van der Waals surface area contributed by atoms with E-state index in [0.29, 0.717) is 19.1 Å².